The minimum absolute atomic E-state index is 0.134. The van der Waals surface area contributed by atoms with Crippen LogP contribution in [0.15, 0.2) is 24.3 Å². The minimum atomic E-state index is -0.532. The minimum Gasteiger partial charge on any atom is -0.366 e. The zero-order chi connectivity index (χ0) is 15.5. The highest BCUT2D eigenvalue weighted by molar-refractivity contribution is 6.34. The van der Waals surface area contributed by atoms with Crippen LogP contribution in [-0.4, -0.2) is 50.2 Å². The topological polar surface area (TPSA) is 70.7 Å². The number of benzene rings is 1. The number of morpholine rings is 1. The number of amides is 2. The Morgan fingerprint density at radius 3 is 2.95 bits per heavy atom. The van der Waals surface area contributed by atoms with Crippen LogP contribution in [0.25, 0.3) is 0 Å². The van der Waals surface area contributed by atoms with Gasteiger partial charge in [-0.15, -0.1) is 0 Å². The Morgan fingerprint density at radius 2 is 2.23 bits per heavy atom. The van der Waals surface area contributed by atoms with Crippen molar-refractivity contribution in [3.63, 3.8) is 0 Å². The molecule has 0 unspecified atom stereocenters. The molecule has 0 bridgehead atoms. The molecule has 0 aliphatic carbocycles. The molecule has 2 atom stereocenters. The quantitative estimate of drug-likeness (QED) is 0.852. The van der Waals surface area contributed by atoms with Crippen molar-refractivity contribution in [1.29, 1.82) is 0 Å². The number of carbonyl (C=O) groups excluding carboxylic acids is 2. The van der Waals surface area contributed by atoms with Gasteiger partial charge in [-0.25, -0.2) is 0 Å². The number of hydrogen-bond donors (Lipinski definition) is 2. The Hall–Kier alpha value is -1.63. The van der Waals surface area contributed by atoms with Crippen LogP contribution in [0.2, 0.25) is 5.02 Å². The van der Waals surface area contributed by atoms with Gasteiger partial charge in [-0.1, -0.05) is 23.7 Å². The van der Waals surface area contributed by atoms with Crippen molar-refractivity contribution in [2.75, 3.05) is 31.1 Å². The van der Waals surface area contributed by atoms with Crippen LogP contribution < -0.4 is 15.5 Å². The predicted molar refractivity (Wildman–Crippen MR) is 83.0 cm³/mol. The number of anilines is 1. The SMILES string of the molecule is O=C(N[C@H]1CCN(c2ccccc2Cl)C1=O)[C@@H]1CNCCO1. The van der Waals surface area contributed by atoms with Crippen molar-refractivity contribution in [2.24, 2.45) is 0 Å². The van der Waals surface area contributed by atoms with E-state index in [1.165, 1.54) is 0 Å². The van der Waals surface area contributed by atoms with Gasteiger partial charge in [0.25, 0.3) is 5.91 Å². The zero-order valence-electron chi connectivity index (χ0n) is 12.0. The van der Waals surface area contributed by atoms with Crippen LogP contribution in [0.4, 0.5) is 5.69 Å². The molecule has 0 spiro atoms. The van der Waals surface area contributed by atoms with E-state index in [9.17, 15) is 9.59 Å². The average Bonchev–Trinajstić information content (AvgIpc) is 2.90. The van der Waals surface area contributed by atoms with Gasteiger partial charge in [-0.05, 0) is 18.6 Å². The molecule has 22 heavy (non-hydrogen) atoms. The summed E-state index contributed by atoms with van der Waals surface area (Å²) in [4.78, 5) is 26.2. The molecule has 0 aromatic heterocycles. The fraction of sp³-hybridized carbons (Fsp3) is 0.467. The van der Waals surface area contributed by atoms with E-state index >= 15 is 0 Å². The molecule has 2 saturated heterocycles. The molecular formula is C15H18ClN3O3. The summed E-state index contributed by atoms with van der Waals surface area (Å²) < 4.78 is 5.40. The monoisotopic (exact) mass is 323 g/mol. The smallest absolute Gasteiger partial charge is 0.251 e. The lowest BCUT2D eigenvalue weighted by Gasteiger charge is -2.24. The Labute approximate surface area is 133 Å². The maximum absolute atomic E-state index is 12.5. The van der Waals surface area contributed by atoms with Gasteiger partial charge in [0.2, 0.25) is 5.91 Å². The highest BCUT2D eigenvalue weighted by Crippen LogP contribution is 2.29. The first-order valence-electron chi connectivity index (χ1n) is 7.35. The van der Waals surface area contributed by atoms with Crippen molar-refractivity contribution in [3.8, 4) is 0 Å². The zero-order valence-corrected chi connectivity index (χ0v) is 12.8. The van der Waals surface area contributed by atoms with Crippen LogP contribution in [0, 0.1) is 0 Å². The fourth-order valence-electron chi connectivity index (χ4n) is 2.72. The van der Waals surface area contributed by atoms with Gasteiger partial charge in [-0.3, -0.25) is 9.59 Å². The van der Waals surface area contributed by atoms with Crippen molar-refractivity contribution in [1.82, 2.24) is 10.6 Å². The fourth-order valence-corrected chi connectivity index (χ4v) is 2.96. The molecule has 118 valence electrons. The number of halogens is 1. The van der Waals surface area contributed by atoms with Gasteiger partial charge >= 0.3 is 0 Å². The second-order valence-electron chi connectivity index (χ2n) is 5.35. The van der Waals surface area contributed by atoms with Gasteiger partial charge < -0.3 is 20.3 Å². The maximum Gasteiger partial charge on any atom is 0.251 e. The first-order valence-corrected chi connectivity index (χ1v) is 7.73. The van der Waals surface area contributed by atoms with Crippen LogP contribution in [0.1, 0.15) is 6.42 Å². The first-order chi connectivity index (χ1) is 10.7. The van der Waals surface area contributed by atoms with E-state index < -0.39 is 12.1 Å². The highest BCUT2D eigenvalue weighted by atomic mass is 35.5. The summed E-state index contributed by atoms with van der Waals surface area (Å²) in [6.07, 6.45) is 0.0339. The summed E-state index contributed by atoms with van der Waals surface area (Å²) in [6.45, 7) is 2.26. The molecule has 6 nitrogen and oxygen atoms in total. The van der Waals surface area contributed by atoms with Crippen molar-refractivity contribution < 1.29 is 14.3 Å². The number of rotatable bonds is 3. The Morgan fingerprint density at radius 1 is 1.41 bits per heavy atom. The van der Waals surface area contributed by atoms with Crippen LogP contribution in [-0.2, 0) is 14.3 Å². The average molecular weight is 324 g/mol. The van der Waals surface area contributed by atoms with E-state index in [1.807, 2.05) is 12.1 Å². The van der Waals surface area contributed by atoms with E-state index in [0.29, 0.717) is 36.8 Å². The van der Waals surface area contributed by atoms with E-state index in [0.717, 1.165) is 6.54 Å². The summed E-state index contributed by atoms with van der Waals surface area (Å²) >= 11 is 6.14. The summed E-state index contributed by atoms with van der Waals surface area (Å²) in [6, 6.07) is 6.69. The lowest BCUT2D eigenvalue weighted by Crippen LogP contribution is -2.51. The lowest BCUT2D eigenvalue weighted by molar-refractivity contribution is -0.136. The summed E-state index contributed by atoms with van der Waals surface area (Å²) in [7, 11) is 0. The third-order valence-corrected chi connectivity index (χ3v) is 4.20. The normalized spacial score (nSPS) is 25.3. The lowest BCUT2D eigenvalue weighted by atomic mass is 10.2. The Kier molecular flexibility index (Phi) is 4.61. The summed E-state index contributed by atoms with van der Waals surface area (Å²) in [5.74, 6) is -0.378. The summed E-state index contributed by atoms with van der Waals surface area (Å²) in [5, 5.41) is 6.40. The van der Waals surface area contributed by atoms with Gasteiger partial charge in [0.05, 0.1) is 17.3 Å². The Balaban J connectivity index is 1.64. The predicted octanol–water partition coefficient (Wildman–Crippen LogP) is 0.550. The Bertz CT molecular complexity index is 575. The number of nitrogens with zero attached hydrogens (tertiary/aromatic N) is 1. The van der Waals surface area contributed by atoms with E-state index in [2.05, 4.69) is 10.6 Å². The van der Waals surface area contributed by atoms with Crippen molar-refractivity contribution >= 4 is 29.1 Å². The van der Waals surface area contributed by atoms with Crippen molar-refractivity contribution in [2.45, 2.75) is 18.6 Å². The number of para-hydroxylation sites is 1. The summed E-state index contributed by atoms with van der Waals surface area (Å²) in [5.41, 5.74) is 0.682. The second-order valence-corrected chi connectivity index (χ2v) is 5.76. The third-order valence-electron chi connectivity index (χ3n) is 3.89. The van der Waals surface area contributed by atoms with Crippen molar-refractivity contribution in [3.05, 3.63) is 29.3 Å². The largest absolute Gasteiger partial charge is 0.366 e. The van der Waals surface area contributed by atoms with E-state index in [-0.39, 0.29) is 11.8 Å². The molecular weight excluding hydrogens is 306 g/mol. The number of ether oxygens (including phenoxy) is 1. The first kappa shape index (κ1) is 15.3. The molecule has 7 heteroatoms. The molecule has 2 fully saturated rings. The second kappa shape index (κ2) is 6.64. The van der Waals surface area contributed by atoms with Crippen LogP contribution in [0.3, 0.4) is 0 Å². The third kappa shape index (κ3) is 3.09. The van der Waals surface area contributed by atoms with E-state index in [4.69, 9.17) is 16.3 Å². The van der Waals surface area contributed by atoms with Crippen LogP contribution in [0.5, 0.6) is 0 Å². The molecule has 2 aliphatic rings. The van der Waals surface area contributed by atoms with Gasteiger partial charge in [-0.2, -0.15) is 0 Å². The molecule has 0 saturated carbocycles. The van der Waals surface area contributed by atoms with Gasteiger partial charge in [0.15, 0.2) is 0 Å². The highest BCUT2D eigenvalue weighted by Gasteiger charge is 2.36. The number of nitrogens with one attached hydrogen (secondary N) is 2. The molecule has 2 aliphatic heterocycles. The molecule has 2 heterocycles. The molecule has 1 aromatic rings. The molecule has 0 radical (unpaired) electrons. The molecule has 1 aromatic carbocycles. The van der Waals surface area contributed by atoms with E-state index in [1.54, 1.807) is 17.0 Å². The standard InChI is InChI=1S/C15H18ClN3O3/c16-10-3-1-2-4-12(10)19-7-5-11(15(19)21)18-14(20)13-9-17-6-8-22-13/h1-4,11,13,17H,5-9H2,(H,18,20)/t11-,13-/m0/s1. The molecule has 3 rings (SSSR count). The number of hydrogen-bond acceptors (Lipinski definition) is 4. The molecule has 2 N–H and O–H groups in total. The molecule has 2 amide bonds. The van der Waals surface area contributed by atoms with Gasteiger partial charge in [0.1, 0.15) is 12.1 Å². The maximum atomic E-state index is 12.5. The van der Waals surface area contributed by atoms with Crippen LogP contribution >= 0.6 is 11.6 Å². The number of carbonyl (C=O) groups is 2. The van der Waals surface area contributed by atoms with Gasteiger partial charge in [0, 0.05) is 19.6 Å².